The van der Waals surface area contributed by atoms with Crippen molar-refractivity contribution in [2.75, 3.05) is 12.8 Å². The second kappa shape index (κ2) is 10.4. The molecule has 1 aliphatic rings. The van der Waals surface area contributed by atoms with Crippen molar-refractivity contribution in [3.05, 3.63) is 82.7 Å². The summed E-state index contributed by atoms with van der Waals surface area (Å²) in [7, 11) is 1.57. The van der Waals surface area contributed by atoms with Crippen molar-refractivity contribution in [1.29, 1.82) is 0 Å². The minimum absolute atomic E-state index is 0.0451. The normalized spacial score (nSPS) is 14.8. The molecule has 10 heteroatoms. The fourth-order valence-corrected chi connectivity index (χ4v) is 5.84. The van der Waals surface area contributed by atoms with Gasteiger partial charge in [-0.2, -0.15) is 0 Å². The molecule has 0 unspecified atom stereocenters. The van der Waals surface area contributed by atoms with Crippen molar-refractivity contribution < 1.29 is 9.53 Å². The topological polar surface area (TPSA) is 129 Å². The Bertz CT molecular complexity index is 1790. The number of methoxy groups -OCH3 is 1. The van der Waals surface area contributed by atoms with Gasteiger partial charge in [0.1, 0.15) is 5.56 Å². The van der Waals surface area contributed by atoms with Gasteiger partial charge in [0.15, 0.2) is 11.5 Å². The molecule has 0 spiro atoms. The van der Waals surface area contributed by atoms with Crippen LogP contribution in [0.2, 0.25) is 0 Å². The maximum atomic E-state index is 14.4. The molecule has 0 bridgehead atoms. The molecule has 0 saturated heterocycles. The smallest absolute Gasteiger partial charge is 0.259 e. The molecule has 1 amide bonds. The zero-order chi connectivity index (χ0) is 27.8. The van der Waals surface area contributed by atoms with Crippen LogP contribution in [0, 0.1) is 0 Å². The number of carbonyl (C=O) groups excluding carboxylic acids is 1. The highest BCUT2D eigenvalue weighted by Crippen LogP contribution is 2.34. The van der Waals surface area contributed by atoms with Crippen LogP contribution in [0.3, 0.4) is 0 Å². The van der Waals surface area contributed by atoms with Crippen LogP contribution in [-0.2, 0) is 0 Å². The van der Waals surface area contributed by atoms with E-state index in [0.29, 0.717) is 16.9 Å². The second-order valence-electron chi connectivity index (χ2n) is 10.2. The number of nitrogen functional groups attached to an aromatic ring is 1. The lowest BCUT2D eigenvalue weighted by atomic mass is 9.93. The summed E-state index contributed by atoms with van der Waals surface area (Å²) in [6.07, 6.45) is 10.1. The average molecular weight is 538 g/mol. The number of benzene rings is 1. The van der Waals surface area contributed by atoms with Gasteiger partial charge < -0.3 is 20.4 Å². The summed E-state index contributed by atoms with van der Waals surface area (Å²) >= 11 is 0. The van der Waals surface area contributed by atoms with E-state index in [2.05, 4.69) is 20.4 Å². The molecule has 4 heterocycles. The molecule has 1 aromatic carbocycles. The molecule has 5 aromatic rings. The first-order chi connectivity index (χ1) is 19.5. The number of hydrogen-bond acceptors (Lipinski definition) is 7. The maximum absolute atomic E-state index is 14.4. The van der Waals surface area contributed by atoms with Gasteiger partial charge in [-0.3, -0.25) is 9.59 Å². The molecular weight excluding hydrogens is 506 g/mol. The molecule has 40 heavy (non-hydrogen) atoms. The third-order valence-corrected chi connectivity index (χ3v) is 7.75. The third kappa shape index (κ3) is 4.45. The summed E-state index contributed by atoms with van der Waals surface area (Å²) in [5.41, 5.74) is 9.07. The fourth-order valence-electron chi connectivity index (χ4n) is 5.84. The number of anilines is 1. The quantitative estimate of drug-likeness (QED) is 0.321. The van der Waals surface area contributed by atoms with E-state index in [1.165, 1.54) is 4.52 Å². The van der Waals surface area contributed by atoms with E-state index in [4.69, 9.17) is 10.5 Å². The number of aromatic nitrogens is 5. The predicted molar refractivity (Wildman–Crippen MR) is 153 cm³/mol. The zero-order valence-electron chi connectivity index (χ0n) is 22.5. The minimum Gasteiger partial charge on any atom is -0.481 e. The Balaban J connectivity index is 1.47. The van der Waals surface area contributed by atoms with Gasteiger partial charge in [-0.1, -0.05) is 37.5 Å². The van der Waals surface area contributed by atoms with Gasteiger partial charge in [-0.15, -0.1) is 5.10 Å². The number of pyridine rings is 2. The second-order valence-corrected chi connectivity index (χ2v) is 10.2. The van der Waals surface area contributed by atoms with Crippen LogP contribution in [0.5, 0.6) is 5.88 Å². The number of ether oxygens (including phenoxy) is 1. The van der Waals surface area contributed by atoms with Crippen LogP contribution in [-0.4, -0.2) is 37.2 Å². The van der Waals surface area contributed by atoms with Gasteiger partial charge in [-0.05, 0) is 54.5 Å². The molecule has 204 valence electrons. The van der Waals surface area contributed by atoms with Gasteiger partial charge in [-0.25, -0.2) is 14.5 Å². The molecule has 0 aliphatic heterocycles. The van der Waals surface area contributed by atoms with Gasteiger partial charge in [0, 0.05) is 36.4 Å². The van der Waals surface area contributed by atoms with Crippen LogP contribution >= 0.6 is 0 Å². The zero-order valence-corrected chi connectivity index (χ0v) is 22.5. The Morgan fingerprint density at radius 2 is 1.93 bits per heavy atom. The SMILES string of the molecule is COc1cc(-c2cccc3cc([C@H](C)NC(=O)c4c(N)nn5cccnc45)n(C4CCCCC4)c(=O)c23)ccn1. The lowest BCUT2D eigenvalue weighted by molar-refractivity contribution is 0.0940. The van der Waals surface area contributed by atoms with Gasteiger partial charge in [0.2, 0.25) is 5.88 Å². The number of fused-ring (bicyclic) bond motifs is 2. The van der Waals surface area contributed by atoms with Crippen LogP contribution in [0.4, 0.5) is 5.82 Å². The first-order valence-electron chi connectivity index (χ1n) is 13.5. The maximum Gasteiger partial charge on any atom is 0.259 e. The molecule has 1 saturated carbocycles. The monoisotopic (exact) mass is 537 g/mol. The first kappa shape index (κ1) is 25.5. The number of hydrogen-bond donors (Lipinski definition) is 2. The Morgan fingerprint density at radius 1 is 1.10 bits per heavy atom. The van der Waals surface area contributed by atoms with Crippen LogP contribution in [0.25, 0.3) is 27.5 Å². The summed E-state index contributed by atoms with van der Waals surface area (Å²) in [6.45, 7) is 1.89. The Hall–Kier alpha value is -4.73. The van der Waals surface area contributed by atoms with E-state index in [1.807, 2.05) is 47.9 Å². The largest absolute Gasteiger partial charge is 0.481 e. The summed E-state index contributed by atoms with van der Waals surface area (Å²) in [5.74, 6) is 0.194. The molecule has 1 aliphatic carbocycles. The summed E-state index contributed by atoms with van der Waals surface area (Å²) in [4.78, 5) is 36.4. The molecule has 1 fully saturated rings. The highest BCUT2D eigenvalue weighted by atomic mass is 16.5. The van der Waals surface area contributed by atoms with Crippen molar-refractivity contribution in [3.63, 3.8) is 0 Å². The Morgan fingerprint density at radius 3 is 2.73 bits per heavy atom. The minimum atomic E-state index is -0.478. The van der Waals surface area contributed by atoms with Crippen LogP contribution < -0.4 is 21.3 Å². The molecule has 6 rings (SSSR count). The number of amides is 1. The molecule has 4 aromatic heterocycles. The number of nitrogens with two attached hydrogens (primary N) is 1. The Kier molecular flexibility index (Phi) is 6.67. The molecule has 0 radical (unpaired) electrons. The Labute approximate surface area is 230 Å². The van der Waals surface area contributed by atoms with E-state index >= 15 is 0 Å². The highest BCUT2D eigenvalue weighted by Gasteiger charge is 2.27. The highest BCUT2D eigenvalue weighted by molar-refractivity contribution is 6.04. The van der Waals surface area contributed by atoms with E-state index in [0.717, 1.165) is 54.3 Å². The molecule has 3 N–H and O–H groups in total. The van der Waals surface area contributed by atoms with Gasteiger partial charge in [0.25, 0.3) is 11.5 Å². The lowest BCUT2D eigenvalue weighted by Crippen LogP contribution is -2.35. The lowest BCUT2D eigenvalue weighted by Gasteiger charge is -2.30. The van der Waals surface area contributed by atoms with Gasteiger partial charge >= 0.3 is 0 Å². The first-order valence-corrected chi connectivity index (χ1v) is 13.5. The van der Waals surface area contributed by atoms with Crippen molar-refractivity contribution in [2.45, 2.75) is 51.1 Å². The van der Waals surface area contributed by atoms with Crippen molar-refractivity contribution >= 4 is 28.1 Å². The van der Waals surface area contributed by atoms with Crippen molar-refractivity contribution in [3.8, 4) is 17.0 Å². The van der Waals surface area contributed by atoms with E-state index < -0.39 is 6.04 Å². The van der Waals surface area contributed by atoms with E-state index in [9.17, 15) is 9.59 Å². The summed E-state index contributed by atoms with van der Waals surface area (Å²) in [5, 5.41) is 8.72. The molecular formula is C30H31N7O3. The average Bonchev–Trinajstić information content (AvgIpc) is 3.32. The predicted octanol–water partition coefficient (Wildman–Crippen LogP) is 4.69. The number of nitrogens with zero attached hydrogens (tertiary/aromatic N) is 5. The van der Waals surface area contributed by atoms with Gasteiger partial charge in [0.05, 0.1) is 18.5 Å². The van der Waals surface area contributed by atoms with Crippen LogP contribution in [0.1, 0.15) is 67.2 Å². The van der Waals surface area contributed by atoms with Crippen LogP contribution in [0.15, 0.2) is 65.8 Å². The van der Waals surface area contributed by atoms with Crippen molar-refractivity contribution in [2.24, 2.45) is 0 Å². The summed E-state index contributed by atoms with van der Waals surface area (Å²) in [6, 6.07) is 12.9. The van der Waals surface area contributed by atoms with E-state index in [1.54, 1.807) is 31.8 Å². The van der Waals surface area contributed by atoms with E-state index in [-0.39, 0.29) is 28.9 Å². The third-order valence-electron chi connectivity index (χ3n) is 7.75. The molecule has 10 nitrogen and oxygen atoms in total. The van der Waals surface area contributed by atoms with Crippen molar-refractivity contribution in [1.82, 2.24) is 29.5 Å². The molecule has 1 atom stereocenters. The number of rotatable bonds is 6. The summed E-state index contributed by atoms with van der Waals surface area (Å²) < 4.78 is 8.73. The number of nitrogens with one attached hydrogen (secondary N) is 1. The number of carbonyl (C=O) groups is 1. The standard InChI is InChI=1S/C30H31N7O3/c1-18(34-29(38)26-27(31)35-36-15-7-13-33-28(26)36)23-16-20-8-6-11-22(19-12-14-32-24(17-19)40-2)25(20)30(39)37(23)21-9-4-3-5-10-21/h6-8,11-18,21H,3-5,9-10H2,1-2H3,(H2,31,35)(H,34,38)/t18-/m0/s1. The fraction of sp³-hybridized carbons (Fsp3) is 0.300.